The van der Waals surface area contributed by atoms with Gasteiger partial charge in [0.25, 0.3) is 0 Å². The van der Waals surface area contributed by atoms with E-state index >= 15 is 0 Å². The van der Waals surface area contributed by atoms with Crippen molar-refractivity contribution in [3.8, 4) is 0 Å². The van der Waals surface area contributed by atoms with Gasteiger partial charge in [-0.25, -0.2) is 0 Å². The van der Waals surface area contributed by atoms with Crippen molar-refractivity contribution in [2.75, 3.05) is 21.1 Å². The Balaban J connectivity index is 3.75. The summed E-state index contributed by atoms with van der Waals surface area (Å²) in [6, 6.07) is 0. The molecule has 0 aliphatic heterocycles. The summed E-state index contributed by atoms with van der Waals surface area (Å²) in [5, 5.41) is 10.7. The summed E-state index contributed by atoms with van der Waals surface area (Å²) in [6.45, 7) is 2.14. The predicted octanol–water partition coefficient (Wildman–Crippen LogP) is 4.68. The van der Waals surface area contributed by atoms with Gasteiger partial charge in [0.15, 0.2) is 0 Å². The maximum atomic E-state index is 12.1. The highest BCUT2D eigenvalue weighted by Crippen LogP contribution is 2.14. The molecule has 0 aromatic carbocycles. The molecule has 0 amide bonds. The molecule has 1 atom stereocenters. The highest BCUT2D eigenvalue weighted by Gasteiger charge is 2.27. The molecule has 0 aromatic heterocycles. The zero-order valence-electron chi connectivity index (χ0n) is 19.6. The number of nitrogens with zero attached hydrogens (tertiary/aromatic N) is 1. The Morgan fingerprint density at radius 3 is 2.00 bits per heavy atom. The molecule has 0 unspecified atom stereocenters. The smallest absolute Gasteiger partial charge is 0.310 e. The summed E-state index contributed by atoms with van der Waals surface area (Å²) in [5.74, 6) is -1.36. The number of quaternary nitrogens is 1. The van der Waals surface area contributed by atoms with Crippen molar-refractivity contribution in [3.05, 3.63) is 36.5 Å². The normalized spacial score (nSPS) is 13.5. The SMILES string of the molecule is CC/C=C\C/C=C\C/C=C\CCCCCCCC(=O)O[C@@H](CCC(=O)[O-])[N+](C)(C)C. The lowest BCUT2D eigenvalue weighted by molar-refractivity contribution is -0.917. The minimum Gasteiger partial charge on any atom is -0.550 e. The summed E-state index contributed by atoms with van der Waals surface area (Å²) in [7, 11) is 5.68. The highest BCUT2D eigenvalue weighted by molar-refractivity contribution is 5.69. The van der Waals surface area contributed by atoms with Gasteiger partial charge in [0.05, 0.1) is 21.1 Å². The number of ether oxygens (including phenoxy) is 1. The summed E-state index contributed by atoms with van der Waals surface area (Å²) in [4.78, 5) is 22.7. The van der Waals surface area contributed by atoms with Crippen LogP contribution in [0.15, 0.2) is 36.5 Å². The van der Waals surface area contributed by atoms with E-state index in [9.17, 15) is 14.7 Å². The molecule has 0 N–H and O–H groups in total. The summed E-state index contributed by atoms with van der Waals surface area (Å²) < 4.78 is 5.90. The molecule has 0 aromatic rings. The van der Waals surface area contributed by atoms with Crippen LogP contribution in [0.4, 0.5) is 0 Å². The van der Waals surface area contributed by atoms with Gasteiger partial charge in [-0.15, -0.1) is 0 Å². The van der Waals surface area contributed by atoms with Gasteiger partial charge in [0.2, 0.25) is 6.23 Å². The third kappa shape index (κ3) is 18.2. The highest BCUT2D eigenvalue weighted by atomic mass is 16.6. The fourth-order valence-corrected chi connectivity index (χ4v) is 2.94. The van der Waals surface area contributed by atoms with Crippen LogP contribution < -0.4 is 5.11 Å². The van der Waals surface area contributed by atoms with Gasteiger partial charge in [0.1, 0.15) is 0 Å². The van der Waals surface area contributed by atoms with Crippen molar-refractivity contribution < 1.29 is 23.9 Å². The lowest BCUT2D eigenvalue weighted by Gasteiger charge is -2.33. The van der Waals surface area contributed by atoms with E-state index in [2.05, 4.69) is 43.4 Å². The Labute approximate surface area is 184 Å². The quantitative estimate of drug-likeness (QED) is 0.106. The van der Waals surface area contributed by atoms with Gasteiger partial charge in [-0.2, -0.15) is 0 Å². The largest absolute Gasteiger partial charge is 0.550 e. The number of aliphatic carboxylic acids is 1. The Hall–Kier alpha value is -1.88. The lowest BCUT2D eigenvalue weighted by atomic mass is 10.1. The van der Waals surface area contributed by atoms with E-state index in [1.807, 2.05) is 21.1 Å². The van der Waals surface area contributed by atoms with Crippen molar-refractivity contribution in [1.82, 2.24) is 0 Å². The van der Waals surface area contributed by atoms with E-state index in [1.54, 1.807) is 0 Å². The van der Waals surface area contributed by atoms with Crippen molar-refractivity contribution in [2.45, 2.75) is 90.2 Å². The van der Waals surface area contributed by atoms with Gasteiger partial charge in [0, 0.05) is 18.8 Å². The van der Waals surface area contributed by atoms with Crippen LogP contribution in [0.2, 0.25) is 0 Å². The third-order valence-corrected chi connectivity index (χ3v) is 4.76. The maximum Gasteiger partial charge on any atom is 0.310 e. The van der Waals surface area contributed by atoms with E-state index in [-0.39, 0.29) is 18.8 Å². The Morgan fingerprint density at radius 2 is 1.40 bits per heavy atom. The fourth-order valence-electron chi connectivity index (χ4n) is 2.94. The molecular formula is C25H43NO4. The van der Waals surface area contributed by atoms with Gasteiger partial charge in [-0.1, -0.05) is 62.6 Å². The molecule has 0 saturated heterocycles. The maximum absolute atomic E-state index is 12.1. The first kappa shape index (κ1) is 28.1. The van der Waals surface area contributed by atoms with E-state index in [4.69, 9.17) is 4.74 Å². The first-order valence-electron chi connectivity index (χ1n) is 11.4. The lowest BCUT2D eigenvalue weighted by Crippen LogP contribution is -2.48. The second-order valence-corrected chi connectivity index (χ2v) is 8.57. The molecule has 0 bridgehead atoms. The molecule has 172 valence electrons. The number of allylic oxidation sites excluding steroid dienone is 6. The van der Waals surface area contributed by atoms with Crippen LogP contribution in [0.1, 0.15) is 84.0 Å². The third-order valence-electron chi connectivity index (χ3n) is 4.76. The number of rotatable bonds is 18. The number of hydrogen-bond donors (Lipinski definition) is 0. The Bertz CT molecular complexity index is 544. The average molecular weight is 422 g/mol. The average Bonchev–Trinajstić information content (AvgIpc) is 2.67. The molecule has 0 fully saturated rings. The first-order valence-corrected chi connectivity index (χ1v) is 11.4. The number of carboxylic acids is 1. The standard InChI is InChI=1S/C25H43NO4/c1-5-6-7-8-9-10-11-12-13-14-15-16-17-18-19-20-25(29)30-23(26(2,3)4)21-22-24(27)28/h6-7,9-10,12-13,23H,5,8,11,14-22H2,1-4H3/b7-6-,10-9-,13-12-/t23-/m0/s1. The Kier molecular flexibility index (Phi) is 16.8. The van der Waals surface area contributed by atoms with Crippen LogP contribution >= 0.6 is 0 Å². The summed E-state index contributed by atoms with van der Waals surface area (Å²) in [6.07, 6.45) is 22.9. The molecule has 5 nitrogen and oxygen atoms in total. The molecule has 0 spiro atoms. The summed E-state index contributed by atoms with van der Waals surface area (Å²) in [5.41, 5.74) is 0. The van der Waals surface area contributed by atoms with Gasteiger partial charge in [-0.05, 0) is 44.9 Å². The molecule has 0 aliphatic rings. The van der Waals surface area contributed by atoms with E-state index < -0.39 is 12.2 Å². The zero-order valence-corrected chi connectivity index (χ0v) is 19.6. The minimum atomic E-state index is -1.12. The topological polar surface area (TPSA) is 66.4 Å². The predicted molar refractivity (Wildman–Crippen MR) is 121 cm³/mol. The van der Waals surface area contributed by atoms with Gasteiger partial charge >= 0.3 is 5.97 Å². The van der Waals surface area contributed by atoms with Crippen LogP contribution in [0.25, 0.3) is 0 Å². The molecular weight excluding hydrogens is 378 g/mol. The number of esters is 1. The van der Waals surface area contributed by atoms with Crippen LogP contribution in [0, 0.1) is 0 Å². The molecule has 30 heavy (non-hydrogen) atoms. The molecule has 0 radical (unpaired) electrons. The van der Waals surface area contributed by atoms with Gasteiger partial charge < -0.3 is 14.6 Å². The summed E-state index contributed by atoms with van der Waals surface area (Å²) >= 11 is 0. The monoisotopic (exact) mass is 421 g/mol. The van der Waals surface area contributed by atoms with Crippen LogP contribution in [0.3, 0.4) is 0 Å². The number of carboxylic acid groups (broad SMARTS) is 1. The molecule has 0 rings (SSSR count). The van der Waals surface area contributed by atoms with E-state index in [0.29, 0.717) is 10.9 Å². The zero-order chi connectivity index (χ0) is 22.7. The second-order valence-electron chi connectivity index (χ2n) is 8.57. The van der Waals surface area contributed by atoms with Crippen molar-refractivity contribution in [2.24, 2.45) is 0 Å². The van der Waals surface area contributed by atoms with Crippen molar-refractivity contribution >= 4 is 11.9 Å². The van der Waals surface area contributed by atoms with Gasteiger partial charge in [-0.3, -0.25) is 9.28 Å². The second kappa shape index (κ2) is 17.9. The molecule has 0 heterocycles. The van der Waals surface area contributed by atoms with Crippen LogP contribution in [-0.2, 0) is 14.3 Å². The molecule has 5 heteroatoms. The number of carbonyl (C=O) groups is 2. The van der Waals surface area contributed by atoms with E-state index in [1.165, 1.54) is 12.8 Å². The molecule has 0 aliphatic carbocycles. The van der Waals surface area contributed by atoms with Crippen LogP contribution in [0.5, 0.6) is 0 Å². The Morgan fingerprint density at radius 1 is 0.833 bits per heavy atom. The molecule has 0 saturated carbocycles. The number of hydrogen-bond acceptors (Lipinski definition) is 4. The van der Waals surface area contributed by atoms with Crippen molar-refractivity contribution in [3.63, 3.8) is 0 Å². The van der Waals surface area contributed by atoms with Crippen LogP contribution in [-0.4, -0.2) is 43.8 Å². The number of unbranched alkanes of at least 4 members (excludes halogenated alkanes) is 5. The minimum absolute atomic E-state index is 0.103. The van der Waals surface area contributed by atoms with E-state index in [0.717, 1.165) is 44.9 Å². The van der Waals surface area contributed by atoms with Crippen molar-refractivity contribution in [1.29, 1.82) is 0 Å². The fraction of sp³-hybridized carbons (Fsp3) is 0.680. The number of carbonyl (C=O) groups excluding carboxylic acids is 2. The first-order chi connectivity index (χ1) is 14.3.